The van der Waals surface area contributed by atoms with Gasteiger partial charge < -0.3 is 15.1 Å². The number of amides is 1. The number of nitrogens with one attached hydrogen (secondary N) is 1. The fraction of sp³-hybridized carbons (Fsp3) is 0.562. The molecule has 1 N–H and O–H groups in total. The van der Waals surface area contributed by atoms with E-state index in [1.54, 1.807) is 0 Å². The zero-order valence-corrected chi connectivity index (χ0v) is 12.9. The molecule has 1 heterocycles. The zero-order chi connectivity index (χ0) is 14.7. The summed E-state index contributed by atoms with van der Waals surface area (Å²) >= 11 is 0. The predicted octanol–water partition coefficient (Wildman–Crippen LogP) is 2.28. The minimum absolute atomic E-state index is 0.133. The maximum absolute atomic E-state index is 12.7. The third-order valence-corrected chi connectivity index (χ3v) is 3.85. The highest BCUT2D eigenvalue weighted by atomic mass is 16.2. The molecule has 0 bridgehead atoms. The maximum atomic E-state index is 12.7. The Balaban J connectivity index is 2.17. The van der Waals surface area contributed by atoms with Crippen LogP contribution in [0, 0.1) is 0 Å². The van der Waals surface area contributed by atoms with E-state index in [-0.39, 0.29) is 5.91 Å². The molecule has 0 aliphatic carbocycles. The lowest BCUT2D eigenvalue weighted by Crippen LogP contribution is -2.52. The molecule has 4 heteroatoms. The van der Waals surface area contributed by atoms with Crippen LogP contribution in [0.25, 0.3) is 0 Å². The Labute approximate surface area is 121 Å². The molecule has 0 aromatic heterocycles. The van der Waals surface area contributed by atoms with Crippen molar-refractivity contribution in [3.05, 3.63) is 29.8 Å². The van der Waals surface area contributed by atoms with Gasteiger partial charge in [-0.3, -0.25) is 4.79 Å². The molecule has 4 nitrogen and oxygen atoms in total. The summed E-state index contributed by atoms with van der Waals surface area (Å²) in [5, 5.41) is 3.36. The normalized spacial score (nSPS) is 20.2. The van der Waals surface area contributed by atoms with Crippen LogP contribution >= 0.6 is 0 Å². The molecule has 0 radical (unpaired) electrons. The number of hydrogen-bond acceptors (Lipinski definition) is 3. The molecule has 1 aliphatic heterocycles. The average molecular weight is 275 g/mol. The van der Waals surface area contributed by atoms with E-state index < -0.39 is 0 Å². The number of carbonyl (C=O) groups excluding carboxylic acids is 1. The molecule has 1 unspecified atom stereocenters. The third kappa shape index (κ3) is 3.31. The van der Waals surface area contributed by atoms with Crippen LogP contribution in [0.4, 0.5) is 5.69 Å². The van der Waals surface area contributed by atoms with Crippen LogP contribution in [-0.4, -0.2) is 54.5 Å². The second-order valence-corrected chi connectivity index (χ2v) is 5.93. The van der Waals surface area contributed by atoms with E-state index in [2.05, 4.69) is 38.0 Å². The number of anilines is 1. The molecule has 1 fully saturated rings. The second-order valence-electron chi connectivity index (χ2n) is 5.93. The lowest BCUT2D eigenvalue weighted by atomic mass is 10.1. The first-order valence-electron chi connectivity index (χ1n) is 7.34. The molecule has 1 aliphatic rings. The first-order chi connectivity index (χ1) is 9.49. The largest absolute Gasteiger partial charge is 0.382 e. The van der Waals surface area contributed by atoms with E-state index in [4.69, 9.17) is 0 Å². The summed E-state index contributed by atoms with van der Waals surface area (Å²) < 4.78 is 0. The van der Waals surface area contributed by atoms with Gasteiger partial charge in [-0.1, -0.05) is 12.1 Å². The molecular weight excluding hydrogens is 250 g/mol. The minimum Gasteiger partial charge on any atom is -0.382 e. The monoisotopic (exact) mass is 275 g/mol. The topological polar surface area (TPSA) is 35.6 Å². The van der Waals surface area contributed by atoms with Crippen LogP contribution in [0.5, 0.6) is 0 Å². The van der Waals surface area contributed by atoms with Gasteiger partial charge in [-0.2, -0.15) is 0 Å². The van der Waals surface area contributed by atoms with Crippen molar-refractivity contribution < 1.29 is 4.79 Å². The number of likely N-dealkylation sites (N-methyl/N-ethyl adjacent to an activating group) is 1. The minimum atomic E-state index is 0.133. The van der Waals surface area contributed by atoms with E-state index in [0.29, 0.717) is 12.1 Å². The average Bonchev–Trinajstić information content (AvgIpc) is 2.41. The van der Waals surface area contributed by atoms with Gasteiger partial charge in [0, 0.05) is 37.4 Å². The number of rotatable bonds is 3. The van der Waals surface area contributed by atoms with Crippen molar-refractivity contribution in [1.29, 1.82) is 0 Å². The Kier molecular flexibility index (Phi) is 4.65. The van der Waals surface area contributed by atoms with Crippen molar-refractivity contribution in [2.24, 2.45) is 0 Å². The van der Waals surface area contributed by atoms with Gasteiger partial charge in [-0.15, -0.1) is 0 Å². The number of hydrogen-bond donors (Lipinski definition) is 1. The van der Waals surface area contributed by atoms with Gasteiger partial charge in [0.05, 0.1) is 5.56 Å². The van der Waals surface area contributed by atoms with E-state index in [1.807, 2.05) is 29.2 Å². The molecule has 1 saturated heterocycles. The first-order valence-corrected chi connectivity index (χ1v) is 7.34. The van der Waals surface area contributed by atoms with Crippen LogP contribution in [0.15, 0.2) is 24.3 Å². The summed E-state index contributed by atoms with van der Waals surface area (Å²) in [5.74, 6) is 0.133. The lowest BCUT2D eigenvalue weighted by Gasteiger charge is -2.38. The van der Waals surface area contributed by atoms with Crippen LogP contribution in [0.3, 0.4) is 0 Å². The van der Waals surface area contributed by atoms with Crippen LogP contribution < -0.4 is 5.32 Å². The highest BCUT2D eigenvalue weighted by Gasteiger charge is 2.26. The molecule has 1 amide bonds. The summed E-state index contributed by atoms with van der Waals surface area (Å²) in [5.41, 5.74) is 1.71. The van der Waals surface area contributed by atoms with Gasteiger partial charge in [0.15, 0.2) is 0 Å². The van der Waals surface area contributed by atoms with E-state index in [9.17, 15) is 4.79 Å². The second kappa shape index (κ2) is 6.27. The number of para-hydroxylation sites is 1. The summed E-state index contributed by atoms with van der Waals surface area (Å²) in [7, 11) is 2.11. The number of benzene rings is 1. The van der Waals surface area contributed by atoms with Gasteiger partial charge in [-0.05, 0) is 40.0 Å². The Hall–Kier alpha value is -1.55. The van der Waals surface area contributed by atoms with Crippen molar-refractivity contribution >= 4 is 11.6 Å². The lowest BCUT2D eigenvalue weighted by molar-refractivity contribution is 0.0573. The quantitative estimate of drug-likeness (QED) is 0.919. The Morgan fingerprint density at radius 1 is 1.30 bits per heavy atom. The molecule has 110 valence electrons. The number of piperazine rings is 1. The van der Waals surface area contributed by atoms with Crippen molar-refractivity contribution in [1.82, 2.24) is 9.80 Å². The van der Waals surface area contributed by atoms with Gasteiger partial charge in [0.25, 0.3) is 5.91 Å². The van der Waals surface area contributed by atoms with E-state index in [0.717, 1.165) is 30.9 Å². The molecule has 20 heavy (non-hydrogen) atoms. The molecule has 1 aromatic carbocycles. The van der Waals surface area contributed by atoms with Gasteiger partial charge in [0.1, 0.15) is 0 Å². The summed E-state index contributed by atoms with van der Waals surface area (Å²) in [6.07, 6.45) is 0. The van der Waals surface area contributed by atoms with Gasteiger partial charge in [0.2, 0.25) is 0 Å². The molecule has 2 rings (SSSR count). The summed E-state index contributed by atoms with van der Waals surface area (Å²) in [6, 6.07) is 8.52. The van der Waals surface area contributed by atoms with E-state index >= 15 is 0 Å². The molecule has 0 saturated carbocycles. The fourth-order valence-electron chi connectivity index (χ4n) is 2.51. The first kappa shape index (κ1) is 14.9. The van der Waals surface area contributed by atoms with Gasteiger partial charge >= 0.3 is 0 Å². The highest BCUT2D eigenvalue weighted by molar-refractivity contribution is 5.99. The van der Waals surface area contributed by atoms with Gasteiger partial charge in [-0.25, -0.2) is 0 Å². The Morgan fingerprint density at radius 2 is 2.00 bits per heavy atom. The van der Waals surface area contributed by atoms with Crippen molar-refractivity contribution in [2.75, 3.05) is 32.0 Å². The Morgan fingerprint density at radius 3 is 2.65 bits per heavy atom. The molecule has 1 atom stereocenters. The molecule has 1 aromatic rings. The fourth-order valence-corrected chi connectivity index (χ4v) is 2.51. The smallest absolute Gasteiger partial charge is 0.256 e. The SMILES string of the molecule is CC(C)Nc1ccccc1C(=O)N1CCN(C)C(C)C1. The zero-order valence-electron chi connectivity index (χ0n) is 12.9. The summed E-state index contributed by atoms with van der Waals surface area (Å²) in [6.45, 7) is 8.86. The van der Waals surface area contributed by atoms with Crippen LogP contribution in [0.2, 0.25) is 0 Å². The Bertz CT molecular complexity index is 473. The van der Waals surface area contributed by atoms with E-state index in [1.165, 1.54) is 0 Å². The van der Waals surface area contributed by atoms with Crippen LogP contribution in [-0.2, 0) is 0 Å². The standard InChI is InChI=1S/C16H25N3O/c1-12(2)17-15-8-6-5-7-14(15)16(20)19-10-9-18(4)13(3)11-19/h5-8,12-13,17H,9-11H2,1-4H3. The number of carbonyl (C=O) groups is 1. The third-order valence-electron chi connectivity index (χ3n) is 3.85. The number of nitrogens with zero attached hydrogens (tertiary/aromatic N) is 2. The van der Waals surface area contributed by atoms with Crippen molar-refractivity contribution in [2.45, 2.75) is 32.9 Å². The van der Waals surface area contributed by atoms with Crippen LogP contribution in [0.1, 0.15) is 31.1 Å². The predicted molar refractivity (Wildman–Crippen MR) is 83.2 cm³/mol. The molecule has 0 spiro atoms. The van der Waals surface area contributed by atoms with Crippen molar-refractivity contribution in [3.8, 4) is 0 Å². The molecular formula is C16H25N3O. The maximum Gasteiger partial charge on any atom is 0.256 e. The summed E-state index contributed by atoms with van der Waals surface area (Å²) in [4.78, 5) is 17.0. The highest BCUT2D eigenvalue weighted by Crippen LogP contribution is 2.20. The van der Waals surface area contributed by atoms with Crippen molar-refractivity contribution in [3.63, 3.8) is 0 Å².